The summed E-state index contributed by atoms with van der Waals surface area (Å²) in [6.07, 6.45) is 3.61. The number of hydrogen-bond donors (Lipinski definition) is 1. The minimum atomic E-state index is 0.549. The van der Waals surface area contributed by atoms with Gasteiger partial charge in [0.25, 0.3) is 0 Å². The highest BCUT2D eigenvalue weighted by atomic mass is 35.5. The van der Waals surface area contributed by atoms with E-state index in [2.05, 4.69) is 20.3 Å². The monoisotopic (exact) mass is 312 g/mol. The Hall–Kier alpha value is -2.24. The molecule has 4 rings (SSSR count). The number of pyridine rings is 1. The van der Waals surface area contributed by atoms with Crippen LogP contribution < -0.4 is 5.32 Å². The first kappa shape index (κ1) is 12.5. The van der Waals surface area contributed by atoms with Crippen molar-refractivity contribution in [3.63, 3.8) is 0 Å². The summed E-state index contributed by atoms with van der Waals surface area (Å²) in [7, 11) is 0. The van der Waals surface area contributed by atoms with E-state index in [1.54, 1.807) is 17.5 Å². The normalized spacial score (nSPS) is 11.1. The van der Waals surface area contributed by atoms with Crippen LogP contribution in [0.1, 0.15) is 0 Å². The van der Waals surface area contributed by atoms with Gasteiger partial charge in [-0.15, -0.1) is 11.3 Å². The first-order chi connectivity index (χ1) is 10.3. The van der Waals surface area contributed by atoms with E-state index in [4.69, 9.17) is 11.6 Å². The van der Waals surface area contributed by atoms with Gasteiger partial charge < -0.3 is 5.32 Å². The van der Waals surface area contributed by atoms with E-state index in [0.717, 1.165) is 26.1 Å². The summed E-state index contributed by atoms with van der Waals surface area (Å²) in [5.74, 6) is 0.549. The van der Waals surface area contributed by atoms with Gasteiger partial charge >= 0.3 is 0 Å². The highest BCUT2D eigenvalue weighted by molar-refractivity contribution is 7.25. The van der Waals surface area contributed by atoms with Crippen molar-refractivity contribution in [2.45, 2.75) is 0 Å². The Labute approximate surface area is 129 Å². The van der Waals surface area contributed by atoms with Crippen LogP contribution in [0.15, 0.2) is 48.8 Å². The van der Waals surface area contributed by atoms with Gasteiger partial charge in [0.15, 0.2) is 0 Å². The second-order valence-electron chi connectivity index (χ2n) is 4.50. The smallest absolute Gasteiger partial charge is 0.227 e. The van der Waals surface area contributed by atoms with Crippen LogP contribution in [0.5, 0.6) is 0 Å². The summed E-state index contributed by atoms with van der Waals surface area (Å²) < 4.78 is 1.03. The summed E-state index contributed by atoms with van der Waals surface area (Å²) in [5.41, 5.74) is 1.78. The van der Waals surface area contributed by atoms with Gasteiger partial charge in [-0.3, -0.25) is 0 Å². The van der Waals surface area contributed by atoms with Crippen LogP contribution in [0, 0.1) is 0 Å². The van der Waals surface area contributed by atoms with Crippen molar-refractivity contribution in [3.05, 3.63) is 53.8 Å². The van der Waals surface area contributed by atoms with Gasteiger partial charge in [-0.2, -0.15) is 0 Å². The van der Waals surface area contributed by atoms with E-state index in [1.807, 2.05) is 42.6 Å². The van der Waals surface area contributed by atoms with Crippen LogP contribution in [0.2, 0.25) is 5.02 Å². The Kier molecular flexibility index (Phi) is 2.94. The Morgan fingerprint density at radius 3 is 2.95 bits per heavy atom. The average Bonchev–Trinajstić information content (AvgIpc) is 2.85. The molecule has 6 heteroatoms. The molecule has 102 valence electrons. The van der Waals surface area contributed by atoms with E-state index in [0.29, 0.717) is 11.0 Å². The first-order valence-electron chi connectivity index (χ1n) is 6.32. The molecule has 0 spiro atoms. The number of fused-ring (bicyclic) bond motifs is 3. The third-order valence-electron chi connectivity index (χ3n) is 3.07. The van der Waals surface area contributed by atoms with Gasteiger partial charge in [-0.1, -0.05) is 17.7 Å². The maximum Gasteiger partial charge on any atom is 0.227 e. The fourth-order valence-electron chi connectivity index (χ4n) is 2.15. The predicted octanol–water partition coefficient (Wildman–Crippen LogP) is 4.64. The largest absolute Gasteiger partial charge is 0.324 e. The number of nitrogens with one attached hydrogen (secondary N) is 1. The standard InChI is InChI=1S/C15H9ClN4S/c16-9-3-1-4-10(7-9)19-15-18-8-12-13(20-15)11-5-2-6-17-14(11)21-12/h1-8H,(H,18,19,20). The molecule has 0 aliphatic carbocycles. The molecule has 0 fully saturated rings. The molecular formula is C15H9ClN4S. The lowest BCUT2D eigenvalue weighted by Crippen LogP contribution is -1.96. The molecule has 0 saturated heterocycles. The van der Waals surface area contributed by atoms with Crippen LogP contribution in [-0.4, -0.2) is 15.0 Å². The van der Waals surface area contributed by atoms with Gasteiger partial charge in [-0.05, 0) is 30.3 Å². The van der Waals surface area contributed by atoms with Gasteiger partial charge in [-0.25, -0.2) is 15.0 Å². The maximum atomic E-state index is 5.98. The number of nitrogens with zero attached hydrogens (tertiary/aromatic N) is 3. The number of aromatic nitrogens is 3. The first-order valence-corrected chi connectivity index (χ1v) is 7.52. The third kappa shape index (κ3) is 2.30. The summed E-state index contributed by atoms with van der Waals surface area (Å²) in [4.78, 5) is 14.3. The fourth-order valence-corrected chi connectivity index (χ4v) is 3.30. The van der Waals surface area contributed by atoms with Crippen molar-refractivity contribution >= 4 is 55.0 Å². The molecule has 0 aliphatic rings. The van der Waals surface area contributed by atoms with E-state index in [1.165, 1.54) is 0 Å². The Bertz CT molecular complexity index is 951. The molecular weight excluding hydrogens is 304 g/mol. The van der Waals surface area contributed by atoms with Crippen molar-refractivity contribution in [1.82, 2.24) is 15.0 Å². The van der Waals surface area contributed by atoms with Crippen LogP contribution in [0.25, 0.3) is 20.4 Å². The SMILES string of the molecule is Clc1cccc(Nc2ncc3sc4ncccc4c3n2)c1. The molecule has 0 amide bonds. The third-order valence-corrected chi connectivity index (χ3v) is 4.34. The molecule has 1 aromatic carbocycles. The zero-order valence-corrected chi connectivity index (χ0v) is 12.3. The van der Waals surface area contributed by atoms with Crippen molar-refractivity contribution in [1.29, 1.82) is 0 Å². The molecule has 4 nitrogen and oxygen atoms in total. The molecule has 3 heterocycles. The summed E-state index contributed by atoms with van der Waals surface area (Å²) in [6, 6.07) is 11.4. The van der Waals surface area contributed by atoms with Crippen LogP contribution in [0.4, 0.5) is 11.6 Å². The molecule has 0 saturated carbocycles. The lowest BCUT2D eigenvalue weighted by atomic mass is 10.3. The molecule has 0 radical (unpaired) electrons. The van der Waals surface area contributed by atoms with Crippen molar-refractivity contribution in [2.24, 2.45) is 0 Å². The number of hydrogen-bond acceptors (Lipinski definition) is 5. The number of anilines is 2. The maximum absolute atomic E-state index is 5.98. The van der Waals surface area contributed by atoms with Gasteiger partial charge in [0.05, 0.1) is 16.4 Å². The Balaban J connectivity index is 1.81. The molecule has 21 heavy (non-hydrogen) atoms. The summed E-state index contributed by atoms with van der Waals surface area (Å²) in [5, 5.41) is 4.89. The van der Waals surface area contributed by atoms with Crippen LogP contribution in [0.3, 0.4) is 0 Å². The summed E-state index contributed by atoms with van der Waals surface area (Å²) in [6.45, 7) is 0. The molecule has 1 N–H and O–H groups in total. The topological polar surface area (TPSA) is 50.7 Å². The zero-order chi connectivity index (χ0) is 14.2. The average molecular weight is 313 g/mol. The second kappa shape index (κ2) is 4.95. The molecule has 0 atom stereocenters. The quantitative estimate of drug-likeness (QED) is 0.586. The molecule has 4 aromatic rings. The van der Waals surface area contributed by atoms with E-state index >= 15 is 0 Å². The minimum Gasteiger partial charge on any atom is -0.324 e. The van der Waals surface area contributed by atoms with Gasteiger partial charge in [0.2, 0.25) is 5.95 Å². The number of thiophene rings is 1. The molecule has 0 unspecified atom stereocenters. The van der Waals surface area contributed by atoms with Crippen molar-refractivity contribution in [2.75, 3.05) is 5.32 Å². The zero-order valence-electron chi connectivity index (χ0n) is 10.7. The molecule has 0 aliphatic heterocycles. The predicted molar refractivity (Wildman–Crippen MR) is 87.5 cm³/mol. The fraction of sp³-hybridized carbons (Fsp3) is 0. The lowest BCUT2D eigenvalue weighted by Gasteiger charge is -2.04. The number of rotatable bonds is 2. The van der Waals surface area contributed by atoms with Crippen molar-refractivity contribution in [3.8, 4) is 0 Å². The highest BCUT2D eigenvalue weighted by Gasteiger charge is 2.08. The second-order valence-corrected chi connectivity index (χ2v) is 5.97. The molecule has 0 bridgehead atoms. The summed E-state index contributed by atoms with van der Waals surface area (Å²) >= 11 is 7.57. The van der Waals surface area contributed by atoms with Gasteiger partial charge in [0, 0.05) is 22.3 Å². The van der Waals surface area contributed by atoms with Crippen LogP contribution >= 0.6 is 22.9 Å². The highest BCUT2D eigenvalue weighted by Crippen LogP contribution is 2.31. The van der Waals surface area contributed by atoms with Gasteiger partial charge in [0.1, 0.15) is 4.83 Å². The van der Waals surface area contributed by atoms with E-state index < -0.39 is 0 Å². The van der Waals surface area contributed by atoms with E-state index in [9.17, 15) is 0 Å². The number of benzene rings is 1. The lowest BCUT2D eigenvalue weighted by molar-refractivity contribution is 1.22. The van der Waals surface area contributed by atoms with Crippen LogP contribution in [-0.2, 0) is 0 Å². The van der Waals surface area contributed by atoms with Crippen molar-refractivity contribution < 1.29 is 0 Å². The molecule has 3 aromatic heterocycles. The Morgan fingerprint density at radius 1 is 1.10 bits per heavy atom. The Morgan fingerprint density at radius 2 is 2.05 bits per heavy atom. The van der Waals surface area contributed by atoms with E-state index in [-0.39, 0.29) is 0 Å². The minimum absolute atomic E-state index is 0.549. The number of halogens is 1.